The smallest absolute Gasteiger partial charge is 0.317 e. The third-order valence-electron chi connectivity index (χ3n) is 6.42. The van der Waals surface area contributed by atoms with Crippen molar-refractivity contribution in [3.8, 4) is 5.75 Å². The van der Waals surface area contributed by atoms with Crippen LogP contribution in [0.2, 0.25) is 0 Å². The Morgan fingerprint density at radius 3 is 2.64 bits per heavy atom. The molecule has 4 N–H and O–H groups in total. The molecule has 7 nitrogen and oxygen atoms in total. The van der Waals surface area contributed by atoms with Gasteiger partial charge in [-0.1, -0.05) is 61.2 Å². The number of nitrogens with zero attached hydrogens (tertiary/aromatic N) is 2. The molecule has 0 atom stereocenters. The van der Waals surface area contributed by atoms with Crippen molar-refractivity contribution in [1.29, 1.82) is 0 Å². The highest BCUT2D eigenvalue weighted by molar-refractivity contribution is 5.86. The van der Waals surface area contributed by atoms with Crippen molar-refractivity contribution in [2.24, 2.45) is 0 Å². The molecule has 36 heavy (non-hydrogen) atoms. The van der Waals surface area contributed by atoms with Gasteiger partial charge in [0.2, 0.25) is 0 Å². The van der Waals surface area contributed by atoms with Crippen LogP contribution < -0.4 is 21.1 Å². The lowest BCUT2D eigenvalue weighted by atomic mass is 10.0. The number of nitrogen functional groups attached to an aromatic ring is 1. The van der Waals surface area contributed by atoms with Gasteiger partial charge in [-0.2, -0.15) is 0 Å². The van der Waals surface area contributed by atoms with Crippen molar-refractivity contribution in [2.75, 3.05) is 58.2 Å². The second-order valence-corrected chi connectivity index (χ2v) is 9.23. The van der Waals surface area contributed by atoms with Crippen LogP contribution in [0, 0.1) is 0 Å². The van der Waals surface area contributed by atoms with Crippen molar-refractivity contribution in [3.63, 3.8) is 0 Å². The molecule has 1 aliphatic heterocycles. The van der Waals surface area contributed by atoms with Gasteiger partial charge in [-0.3, -0.25) is 4.90 Å². The molecule has 1 heterocycles. The second kappa shape index (κ2) is 13.0. The summed E-state index contributed by atoms with van der Waals surface area (Å²) in [5, 5.41) is 8.83. The molecule has 0 aromatic heterocycles. The van der Waals surface area contributed by atoms with E-state index in [9.17, 15) is 4.79 Å². The van der Waals surface area contributed by atoms with Gasteiger partial charge in [0.1, 0.15) is 5.75 Å². The SMILES string of the molecule is C=C(CN1CCNCC1)CN(CCCOc1ccccc1N)C(=O)NCc1cccc2ccccc12. The topological polar surface area (TPSA) is 82.9 Å². The number of hydrogen-bond donors (Lipinski definition) is 3. The van der Waals surface area contributed by atoms with Crippen LogP contribution in [0.25, 0.3) is 10.8 Å². The van der Waals surface area contributed by atoms with Crippen molar-refractivity contribution in [1.82, 2.24) is 20.4 Å². The molecule has 1 saturated heterocycles. The standard InChI is InChI=1S/C29H37N5O2/c1-23(21-33-17-14-31-15-18-33)22-34(16-7-19-36-28-13-5-4-12-27(28)30)29(35)32-20-25-10-6-9-24-8-2-3-11-26(24)25/h2-6,8-13,31H,1,7,14-22,30H2,(H,32,35). The highest BCUT2D eigenvalue weighted by Gasteiger charge is 2.17. The van der Waals surface area contributed by atoms with E-state index in [4.69, 9.17) is 10.5 Å². The first kappa shape index (κ1) is 25.5. The molecule has 3 aromatic rings. The van der Waals surface area contributed by atoms with E-state index in [1.807, 2.05) is 47.4 Å². The fraction of sp³-hybridized carbons (Fsp3) is 0.345. The zero-order valence-electron chi connectivity index (χ0n) is 20.9. The summed E-state index contributed by atoms with van der Waals surface area (Å²) in [5.74, 6) is 0.674. The fourth-order valence-electron chi connectivity index (χ4n) is 4.54. The number of anilines is 1. The highest BCUT2D eigenvalue weighted by atomic mass is 16.5. The van der Waals surface area contributed by atoms with Crippen LogP contribution in [-0.4, -0.2) is 68.3 Å². The molecule has 0 spiro atoms. The number of carbonyl (C=O) groups excluding carboxylic acids is 1. The van der Waals surface area contributed by atoms with E-state index in [0.717, 1.165) is 49.2 Å². The maximum Gasteiger partial charge on any atom is 0.317 e. The van der Waals surface area contributed by atoms with E-state index in [1.165, 1.54) is 5.39 Å². The average Bonchev–Trinajstić information content (AvgIpc) is 2.90. The number of benzene rings is 3. The largest absolute Gasteiger partial charge is 0.491 e. The molecule has 0 bridgehead atoms. The third-order valence-corrected chi connectivity index (χ3v) is 6.42. The summed E-state index contributed by atoms with van der Waals surface area (Å²) in [7, 11) is 0. The minimum atomic E-state index is -0.0939. The van der Waals surface area contributed by atoms with Crippen LogP contribution in [0.4, 0.5) is 10.5 Å². The number of ether oxygens (including phenoxy) is 1. The first-order chi connectivity index (χ1) is 17.6. The highest BCUT2D eigenvalue weighted by Crippen LogP contribution is 2.20. The maximum atomic E-state index is 13.3. The molecular formula is C29H37N5O2. The number of amides is 2. The van der Waals surface area contributed by atoms with Crippen LogP contribution in [0.5, 0.6) is 5.75 Å². The van der Waals surface area contributed by atoms with E-state index < -0.39 is 0 Å². The summed E-state index contributed by atoms with van der Waals surface area (Å²) in [6.07, 6.45) is 0.691. The molecule has 0 aliphatic carbocycles. The number of para-hydroxylation sites is 2. The van der Waals surface area contributed by atoms with Gasteiger partial charge in [0, 0.05) is 52.4 Å². The molecule has 190 valence electrons. The Balaban J connectivity index is 1.35. The van der Waals surface area contributed by atoms with Gasteiger partial charge in [-0.15, -0.1) is 0 Å². The van der Waals surface area contributed by atoms with Crippen LogP contribution in [-0.2, 0) is 6.54 Å². The van der Waals surface area contributed by atoms with Crippen molar-refractivity contribution >= 4 is 22.5 Å². The zero-order chi connectivity index (χ0) is 25.2. The fourth-order valence-corrected chi connectivity index (χ4v) is 4.54. The molecule has 1 fully saturated rings. The van der Waals surface area contributed by atoms with Gasteiger partial charge in [0.15, 0.2) is 0 Å². The van der Waals surface area contributed by atoms with Crippen molar-refractivity contribution < 1.29 is 9.53 Å². The van der Waals surface area contributed by atoms with Crippen molar-refractivity contribution in [3.05, 3.63) is 84.4 Å². The van der Waals surface area contributed by atoms with Gasteiger partial charge < -0.3 is 26.0 Å². The summed E-state index contributed by atoms with van der Waals surface area (Å²) in [6, 6.07) is 21.8. The lowest BCUT2D eigenvalue weighted by Gasteiger charge is -2.30. The number of fused-ring (bicyclic) bond motifs is 1. The molecular weight excluding hydrogens is 450 g/mol. The monoisotopic (exact) mass is 487 g/mol. The van der Waals surface area contributed by atoms with Crippen LogP contribution in [0.15, 0.2) is 78.9 Å². The van der Waals surface area contributed by atoms with Gasteiger partial charge in [-0.05, 0) is 40.5 Å². The van der Waals surface area contributed by atoms with E-state index in [0.29, 0.717) is 44.1 Å². The predicted octanol–water partition coefficient (Wildman–Crippen LogP) is 3.86. The molecule has 7 heteroatoms. The Morgan fingerprint density at radius 1 is 1.06 bits per heavy atom. The van der Waals surface area contributed by atoms with Gasteiger partial charge in [0.05, 0.1) is 12.3 Å². The first-order valence-corrected chi connectivity index (χ1v) is 12.7. The molecule has 2 amide bonds. The molecule has 3 aromatic carbocycles. The number of hydrogen-bond acceptors (Lipinski definition) is 5. The molecule has 0 saturated carbocycles. The minimum absolute atomic E-state index is 0.0939. The third kappa shape index (κ3) is 7.23. The zero-order valence-corrected chi connectivity index (χ0v) is 20.9. The summed E-state index contributed by atoms with van der Waals surface area (Å²) < 4.78 is 5.85. The number of nitrogens with one attached hydrogen (secondary N) is 2. The van der Waals surface area contributed by atoms with Gasteiger partial charge in [0.25, 0.3) is 0 Å². The molecule has 0 radical (unpaired) electrons. The molecule has 1 aliphatic rings. The van der Waals surface area contributed by atoms with Crippen LogP contribution >= 0.6 is 0 Å². The van der Waals surface area contributed by atoms with E-state index in [-0.39, 0.29) is 6.03 Å². The number of nitrogens with two attached hydrogens (primary N) is 1. The average molecular weight is 488 g/mol. The minimum Gasteiger partial charge on any atom is -0.491 e. The predicted molar refractivity (Wildman–Crippen MR) is 147 cm³/mol. The van der Waals surface area contributed by atoms with Gasteiger partial charge in [-0.25, -0.2) is 4.79 Å². The quantitative estimate of drug-likeness (QED) is 0.217. The summed E-state index contributed by atoms with van der Waals surface area (Å²) in [5.41, 5.74) is 8.73. The summed E-state index contributed by atoms with van der Waals surface area (Å²) >= 11 is 0. The van der Waals surface area contributed by atoms with E-state index in [2.05, 4.69) is 46.4 Å². The first-order valence-electron chi connectivity index (χ1n) is 12.7. The Hall–Kier alpha value is -3.55. The lowest BCUT2D eigenvalue weighted by molar-refractivity contribution is 0.192. The van der Waals surface area contributed by atoms with Crippen LogP contribution in [0.1, 0.15) is 12.0 Å². The lowest BCUT2D eigenvalue weighted by Crippen LogP contribution is -2.46. The number of piperazine rings is 1. The van der Waals surface area contributed by atoms with E-state index in [1.54, 1.807) is 0 Å². The normalized spacial score (nSPS) is 13.9. The summed E-state index contributed by atoms with van der Waals surface area (Å²) in [4.78, 5) is 17.5. The number of rotatable bonds is 11. The Labute approximate surface area is 213 Å². The molecule has 0 unspecified atom stereocenters. The van der Waals surface area contributed by atoms with Crippen molar-refractivity contribution in [2.45, 2.75) is 13.0 Å². The number of urea groups is 1. The Bertz CT molecular complexity index is 1150. The Morgan fingerprint density at radius 2 is 1.81 bits per heavy atom. The van der Waals surface area contributed by atoms with E-state index >= 15 is 0 Å². The second-order valence-electron chi connectivity index (χ2n) is 9.23. The Kier molecular flexibility index (Phi) is 9.19. The van der Waals surface area contributed by atoms with Gasteiger partial charge >= 0.3 is 6.03 Å². The number of carbonyl (C=O) groups is 1. The summed E-state index contributed by atoms with van der Waals surface area (Å²) in [6.45, 7) is 11.1. The van der Waals surface area contributed by atoms with Crippen LogP contribution in [0.3, 0.4) is 0 Å². The maximum absolute atomic E-state index is 13.3. The molecule has 4 rings (SSSR count).